The number of rotatable bonds is 8. The molecular weight excluding hydrogens is 391 g/mol. The van der Waals surface area contributed by atoms with Crippen molar-refractivity contribution in [1.29, 1.82) is 0 Å². The summed E-state index contributed by atoms with van der Waals surface area (Å²) < 4.78 is 13.9. The number of hydrogen-bond acceptors (Lipinski definition) is 5. The molecule has 1 aromatic carbocycles. The van der Waals surface area contributed by atoms with Crippen molar-refractivity contribution < 1.29 is 19.2 Å². The highest BCUT2D eigenvalue weighted by Crippen LogP contribution is 2.56. The van der Waals surface area contributed by atoms with Gasteiger partial charge in [-0.15, -0.1) is 0 Å². The van der Waals surface area contributed by atoms with Gasteiger partial charge in [0.05, 0.1) is 6.61 Å². The fourth-order valence-electron chi connectivity index (χ4n) is 2.92. The molecule has 1 heterocycles. The smallest absolute Gasteiger partial charge is 0.405 e. The zero-order valence-electron chi connectivity index (χ0n) is 15.8. The Kier molecular flexibility index (Phi) is 7.02. The van der Waals surface area contributed by atoms with Crippen LogP contribution in [0.3, 0.4) is 0 Å². The fraction of sp³-hybridized carbons (Fsp3) is 0.588. The Bertz CT molecular complexity index is 714. The fourth-order valence-corrected chi connectivity index (χ4v) is 6.83. The first-order valence-corrected chi connectivity index (χ1v) is 12.3. The summed E-state index contributed by atoms with van der Waals surface area (Å²) in [7, 11) is 1.87. The van der Waals surface area contributed by atoms with Crippen LogP contribution in [0.15, 0.2) is 18.2 Å². The number of benzene rings is 1. The summed E-state index contributed by atoms with van der Waals surface area (Å²) in [6, 6.07) is 5.86. The van der Waals surface area contributed by atoms with E-state index in [-0.39, 0.29) is 5.60 Å². The third-order valence-electron chi connectivity index (χ3n) is 4.08. The maximum atomic E-state index is 11.4. The van der Waals surface area contributed by atoms with Crippen LogP contribution in [0.1, 0.15) is 44.2 Å². The molecule has 0 saturated heterocycles. The summed E-state index contributed by atoms with van der Waals surface area (Å²) >= 11 is 7.08. The Morgan fingerprint density at radius 1 is 1.54 bits per heavy atom. The topological polar surface area (TPSA) is 71.0 Å². The van der Waals surface area contributed by atoms with Crippen molar-refractivity contribution in [3.63, 3.8) is 0 Å². The summed E-state index contributed by atoms with van der Waals surface area (Å²) in [5.41, 5.74) is 1.60. The summed E-state index contributed by atoms with van der Waals surface area (Å²) in [4.78, 5) is 11.4. The van der Waals surface area contributed by atoms with Crippen LogP contribution in [-0.2, 0) is 22.8 Å². The van der Waals surface area contributed by atoms with Crippen molar-refractivity contribution in [3.8, 4) is 5.75 Å². The number of fused-ring (bicyclic) bond motifs is 1. The molecule has 9 heteroatoms. The van der Waals surface area contributed by atoms with Crippen molar-refractivity contribution in [2.45, 2.75) is 45.1 Å². The predicted octanol–water partition coefficient (Wildman–Crippen LogP) is 4.61. The third kappa shape index (κ3) is 4.93. The van der Waals surface area contributed by atoms with Crippen molar-refractivity contribution in [1.82, 2.24) is 9.39 Å². The molecule has 6 nitrogen and oxygen atoms in total. The van der Waals surface area contributed by atoms with Crippen LogP contribution in [0, 0.1) is 0 Å². The Morgan fingerprint density at radius 3 is 2.81 bits per heavy atom. The van der Waals surface area contributed by atoms with Gasteiger partial charge in [-0.2, -0.15) is 4.08 Å². The normalized spacial score (nSPS) is 18.7. The van der Waals surface area contributed by atoms with Crippen LogP contribution in [0.4, 0.5) is 4.79 Å². The predicted molar refractivity (Wildman–Crippen MR) is 111 cm³/mol. The average molecular weight is 419 g/mol. The molecule has 2 atom stereocenters. The van der Waals surface area contributed by atoms with Gasteiger partial charge in [-0.3, -0.25) is 0 Å². The van der Waals surface area contributed by atoms with Gasteiger partial charge in [0.1, 0.15) is 23.1 Å². The third-order valence-corrected chi connectivity index (χ3v) is 10.5. The number of nitrogens with one attached hydrogen (secondary N) is 1. The van der Waals surface area contributed by atoms with Gasteiger partial charge in [0, 0.05) is 25.2 Å². The monoisotopic (exact) mass is 418 g/mol. The van der Waals surface area contributed by atoms with Gasteiger partial charge in [0.15, 0.2) is 0 Å². The second-order valence-electron chi connectivity index (χ2n) is 6.64. The maximum Gasteiger partial charge on any atom is 0.405 e. The molecule has 26 heavy (non-hydrogen) atoms. The molecule has 0 fully saturated rings. The van der Waals surface area contributed by atoms with Gasteiger partial charge in [0.2, 0.25) is 0 Å². The molecule has 1 aromatic rings. The van der Waals surface area contributed by atoms with Crippen LogP contribution >= 0.6 is 18.4 Å². The van der Waals surface area contributed by atoms with E-state index in [1.54, 1.807) is 0 Å². The van der Waals surface area contributed by atoms with Crippen molar-refractivity contribution in [2.75, 3.05) is 19.8 Å². The lowest BCUT2D eigenvalue weighted by atomic mass is 10.0. The number of para-hydroxylation sites is 1. The average Bonchev–Trinajstić information content (AvgIpc) is 2.87. The molecule has 2 rings (SSSR count). The van der Waals surface area contributed by atoms with Gasteiger partial charge >= 0.3 is 6.09 Å². The molecule has 2 unspecified atom stereocenters. The number of nitrogens with zero attached hydrogens (tertiary/aromatic N) is 1. The minimum Gasteiger partial charge on any atom is -0.487 e. The first kappa shape index (κ1) is 21.5. The highest BCUT2D eigenvalue weighted by Gasteiger charge is 2.35. The minimum absolute atomic E-state index is 0.299. The van der Waals surface area contributed by atoms with Crippen LogP contribution in [0.25, 0.3) is 0 Å². The van der Waals surface area contributed by atoms with E-state index in [0.29, 0.717) is 12.8 Å². The van der Waals surface area contributed by atoms with Crippen molar-refractivity contribution in [3.05, 3.63) is 29.3 Å². The van der Waals surface area contributed by atoms with E-state index in [1.165, 1.54) is 11.9 Å². The molecule has 1 amide bonds. The van der Waals surface area contributed by atoms with Crippen LogP contribution in [0.2, 0.25) is 0 Å². The minimum atomic E-state index is -2.20. The zero-order valence-corrected chi connectivity index (χ0v) is 18.3. The maximum absolute atomic E-state index is 11.4. The van der Waals surface area contributed by atoms with E-state index in [0.717, 1.165) is 23.3 Å². The van der Waals surface area contributed by atoms with E-state index in [4.69, 9.17) is 21.1 Å². The Labute approximate surface area is 164 Å². The Morgan fingerprint density at radius 2 is 2.23 bits per heavy atom. The van der Waals surface area contributed by atoms with Crippen LogP contribution in [0.5, 0.6) is 5.75 Å². The summed E-state index contributed by atoms with van der Waals surface area (Å²) in [6.45, 7) is 8.51. The Hall–Kier alpha value is -0.790. The van der Waals surface area contributed by atoms with Gasteiger partial charge in [-0.1, -0.05) is 25.1 Å². The number of hydrogen-bond donors (Lipinski definition) is 2. The molecular formula is C17H27N2O4PS2. The van der Waals surface area contributed by atoms with E-state index in [9.17, 15) is 9.90 Å². The van der Waals surface area contributed by atoms with Gasteiger partial charge in [-0.05, 0) is 50.1 Å². The molecule has 0 spiro atoms. The van der Waals surface area contributed by atoms with Crippen molar-refractivity contribution in [2.24, 2.45) is 0 Å². The number of ether oxygens (including phenoxy) is 1. The van der Waals surface area contributed by atoms with E-state index < -0.39 is 17.9 Å². The van der Waals surface area contributed by atoms with Crippen LogP contribution in [-0.4, -0.2) is 40.7 Å². The summed E-state index contributed by atoms with van der Waals surface area (Å²) in [5, 5.41) is 11.4. The zero-order chi connectivity index (χ0) is 19.5. The summed E-state index contributed by atoms with van der Waals surface area (Å²) in [6.07, 6.45) is -1.79. The number of carboxylic acid groups (broad SMARTS) is 1. The molecule has 146 valence electrons. The van der Waals surface area contributed by atoms with Crippen molar-refractivity contribution >= 4 is 36.3 Å². The lowest BCUT2D eigenvalue weighted by molar-refractivity contribution is 0.137. The van der Waals surface area contributed by atoms with Gasteiger partial charge < -0.3 is 19.7 Å². The van der Waals surface area contributed by atoms with Gasteiger partial charge in [-0.25, -0.2) is 4.79 Å². The largest absolute Gasteiger partial charge is 0.487 e. The Balaban J connectivity index is 2.34. The first-order valence-electron chi connectivity index (χ1n) is 8.56. The second-order valence-corrected chi connectivity index (χ2v) is 12.6. The molecule has 0 saturated carbocycles. The molecule has 0 aliphatic carbocycles. The SMILES string of the molecule is CCOP(=S)(CC)N(C)SC(NC(=O)O)c1cccc2c1OC(C)(C)C2. The van der Waals surface area contributed by atoms with Crippen LogP contribution < -0.4 is 10.1 Å². The molecule has 0 aromatic heterocycles. The molecule has 0 radical (unpaired) electrons. The lowest BCUT2D eigenvalue weighted by Crippen LogP contribution is -2.28. The number of carbonyl (C=O) groups is 1. The quantitative estimate of drug-likeness (QED) is 0.363. The van der Waals surface area contributed by atoms with E-state index in [2.05, 4.69) is 5.32 Å². The molecule has 1 aliphatic rings. The standard InChI is InChI=1S/C17H27N2O4PS2/c1-6-22-24(25,7-2)19(5)26-15(18-16(20)21)13-10-8-9-12-11-17(3,4)23-14(12)13/h8-10,15,18H,6-7,11H2,1-5H3,(H,20,21). The molecule has 1 aliphatic heterocycles. The second kappa shape index (κ2) is 8.48. The van der Waals surface area contributed by atoms with E-state index >= 15 is 0 Å². The highest BCUT2D eigenvalue weighted by atomic mass is 32.5. The molecule has 0 bridgehead atoms. The van der Waals surface area contributed by atoms with Gasteiger partial charge in [0.25, 0.3) is 0 Å². The highest BCUT2D eigenvalue weighted by molar-refractivity contribution is 8.17. The molecule has 2 N–H and O–H groups in total. The lowest BCUT2D eigenvalue weighted by Gasteiger charge is -2.32. The first-order chi connectivity index (χ1) is 12.1. The number of amides is 1. The summed E-state index contributed by atoms with van der Waals surface area (Å²) in [5.74, 6) is 0.762. The van der Waals surface area contributed by atoms with E-state index in [1.807, 2.05) is 57.0 Å².